The zero-order valence-corrected chi connectivity index (χ0v) is 60.3. The van der Waals surface area contributed by atoms with E-state index < -0.39 is 0 Å². The number of ether oxygens (including phenoxy) is 2. The molecule has 0 aliphatic carbocycles. The Labute approximate surface area is 610 Å². The minimum Gasteiger partial charge on any atom is -0.377 e. The van der Waals surface area contributed by atoms with E-state index in [1.807, 2.05) is 47.1 Å². The molecule has 0 fully saturated rings. The summed E-state index contributed by atoms with van der Waals surface area (Å²) in [4.78, 5) is 4.44. The molecule has 0 radical (unpaired) electrons. The van der Waals surface area contributed by atoms with Crippen LogP contribution in [0.15, 0.2) is 250 Å². The molecule has 3 heterocycles. The summed E-state index contributed by atoms with van der Waals surface area (Å²) in [6.45, 7) is 15.0. The fraction of sp³-hybridized carbons (Fsp3) is 0.289. The molecule has 12 aromatic rings. The second-order valence-electron chi connectivity index (χ2n) is 26.8. The number of hydrogen-bond acceptors (Lipinski definition) is 10. The molecule has 0 aliphatic heterocycles. The number of hydrogen-bond donors (Lipinski definition) is 0. The third kappa shape index (κ3) is 19.3. The SMILES string of the molecule is C=Cc1ccc(COCCCCCCc2ccc(N(c3ccc(CCCCCC)cc3)c3nnc(-c4nnc(-c5nnc(N(c6ccc(CCCCCC)cc6)c6ccc(CCCCCCOCc7ccc(C=C)cc7)cc6)n5-c5ccccc5)n4-c4ccccc4)n3-c3ccccc3)cc2)cc1. The van der Waals surface area contributed by atoms with Gasteiger partial charge in [0, 0.05) is 41.7 Å². The maximum atomic E-state index is 6.04. The van der Waals surface area contributed by atoms with Crippen molar-refractivity contribution in [3.05, 3.63) is 294 Å². The van der Waals surface area contributed by atoms with Crippen molar-refractivity contribution in [1.82, 2.24) is 44.3 Å². The van der Waals surface area contributed by atoms with Crippen molar-refractivity contribution in [3.63, 3.8) is 0 Å². The summed E-state index contributed by atoms with van der Waals surface area (Å²) in [5.74, 6) is 3.11. The van der Waals surface area contributed by atoms with Crippen molar-refractivity contribution in [3.8, 4) is 40.4 Å². The maximum absolute atomic E-state index is 6.04. The van der Waals surface area contributed by atoms with Crippen molar-refractivity contribution in [2.45, 2.75) is 155 Å². The fourth-order valence-corrected chi connectivity index (χ4v) is 13.3. The molecule has 13 heteroatoms. The number of benzene rings is 9. The molecular weight excluding hydrogens is 1270 g/mol. The lowest BCUT2D eigenvalue weighted by atomic mass is 10.0. The molecule has 0 saturated heterocycles. The third-order valence-corrected chi connectivity index (χ3v) is 19.2. The zero-order valence-electron chi connectivity index (χ0n) is 60.3. The minimum atomic E-state index is 0.469. The monoisotopic (exact) mass is 1370 g/mol. The van der Waals surface area contributed by atoms with Crippen molar-refractivity contribution in [2.75, 3.05) is 23.0 Å². The summed E-state index contributed by atoms with van der Waals surface area (Å²) in [5, 5.41) is 31.1. The van der Waals surface area contributed by atoms with Gasteiger partial charge in [0.05, 0.1) is 24.6 Å². The van der Waals surface area contributed by atoms with E-state index in [-0.39, 0.29) is 0 Å². The molecule has 13 nitrogen and oxygen atoms in total. The van der Waals surface area contributed by atoms with E-state index in [0.717, 1.165) is 154 Å². The molecule has 0 bridgehead atoms. The molecular formula is C90H99N11O2. The molecule has 0 unspecified atom stereocenters. The average Bonchev–Trinajstić information content (AvgIpc) is 1.61. The van der Waals surface area contributed by atoms with Crippen LogP contribution in [0.5, 0.6) is 0 Å². The molecule has 103 heavy (non-hydrogen) atoms. The number of anilines is 6. The van der Waals surface area contributed by atoms with Crippen LogP contribution in [0.4, 0.5) is 34.6 Å². The van der Waals surface area contributed by atoms with Gasteiger partial charge in [-0.2, -0.15) is 0 Å². The van der Waals surface area contributed by atoms with Gasteiger partial charge in [-0.1, -0.05) is 255 Å². The largest absolute Gasteiger partial charge is 0.377 e. The predicted molar refractivity (Wildman–Crippen MR) is 424 cm³/mol. The van der Waals surface area contributed by atoms with Gasteiger partial charge in [-0.05, 0) is 194 Å². The van der Waals surface area contributed by atoms with Crippen molar-refractivity contribution in [2.24, 2.45) is 0 Å². The lowest BCUT2D eigenvalue weighted by Gasteiger charge is -2.25. The Morgan fingerprint density at radius 2 is 0.563 bits per heavy atom. The van der Waals surface area contributed by atoms with Crippen LogP contribution in [0.1, 0.15) is 161 Å². The van der Waals surface area contributed by atoms with Crippen LogP contribution in [-0.2, 0) is 48.4 Å². The van der Waals surface area contributed by atoms with Crippen LogP contribution in [0.25, 0.3) is 52.5 Å². The third-order valence-electron chi connectivity index (χ3n) is 19.2. The normalized spacial score (nSPS) is 11.3. The lowest BCUT2D eigenvalue weighted by molar-refractivity contribution is 0.116. The number of rotatable bonds is 41. The minimum absolute atomic E-state index is 0.469. The molecule has 0 atom stereocenters. The second kappa shape index (κ2) is 37.9. The van der Waals surface area contributed by atoms with Gasteiger partial charge in [-0.25, -0.2) is 0 Å². The van der Waals surface area contributed by atoms with E-state index >= 15 is 0 Å². The summed E-state index contributed by atoms with van der Waals surface area (Å²) in [6.07, 6.45) is 26.2. The Kier molecular flexibility index (Phi) is 26.6. The number of para-hydroxylation sites is 3. The summed E-state index contributed by atoms with van der Waals surface area (Å²) >= 11 is 0. The Morgan fingerprint density at radius 1 is 0.291 bits per heavy atom. The topological polar surface area (TPSA) is 117 Å². The molecule has 9 aromatic carbocycles. The molecule has 0 amide bonds. The van der Waals surface area contributed by atoms with Gasteiger partial charge in [0.15, 0.2) is 0 Å². The van der Waals surface area contributed by atoms with E-state index in [1.165, 1.54) is 71.9 Å². The highest BCUT2D eigenvalue weighted by molar-refractivity contribution is 5.78. The number of aryl methyl sites for hydroxylation is 4. The summed E-state index contributed by atoms with van der Waals surface area (Å²) in [5.41, 5.74) is 16.2. The van der Waals surface area contributed by atoms with Gasteiger partial charge < -0.3 is 9.47 Å². The van der Waals surface area contributed by atoms with Crippen molar-refractivity contribution >= 4 is 46.8 Å². The van der Waals surface area contributed by atoms with E-state index in [0.29, 0.717) is 48.4 Å². The molecule has 0 aliphatic rings. The van der Waals surface area contributed by atoms with Crippen LogP contribution >= 0.6 is 0 Å². The first kappa shape index (κ1) is 72.2. The second-order valence-corrected chi connectivity index (χ2v) is 26.8. The van der Waals surface area contributed by atoms with E-state index in [1.54, 1.807) is 0 Å². The van der Waals surface area contributed by atoms with Crippen LogP contribution in [-0.4, -0.2) is 57.5 Å². The van der Waals surface area contributed by atoms with Crippen molar-refractivity contribution < 1.29 is 9.47 Å². The van der Waals surface area contributed by atoms with Gasteiger partial charge in [-0.15, -0.1) is 30.6 Å². The van der Waals surface area contributed by atoms with Gasteiger partial charge >= 0.3 is 0 Å². The first-order valence-corrected chi connectivity index (χ1v) is 37.5. The molecule has 0 spiro atoms. The van der Waals surface area contributed by atoms with Crippen molar-refractivity contribution in [1.29, 1.82) is 0 Å². The zero-order chi connectivity index (χ0) is 70.6. The average molecular weight is 1370 g/mol. The van der Waals surface area contributed by atoms with Crippen LogP contribution < -0.4 is 9.80 Å². The predicted octanol–water partition coefficient (Wildman–Crippen LogP) is 22.9. The lowest BCUT2D eigenvalue weighted by Crippen LogP contribution is -2.16. The fourth-order valence-electron chi connectivity index (χ4n) is 13.3. The Balaban J connectivity index is 0.867. The molecule has 12 rings (SSSR count). The van der Waals surface area contributed by atoms with E-state index in [2.05, 4.69) is 252 Å². The van der Waals surface area contributed by atoms with Gasteiger partial charge in [0.25, 0.3) is 0 Å². The quantitative estimate of drug-likeness (QED) is 0.0343. The molecule has 0 saturated carbocycles. The Bertz CT molecular complexity index is 4220. The van der Waals surface area contributed by atoms with E-state index in [9.17, 15) is 0 Å². The van der Waals surface area contributed by atoms with Gasteiger partial charge in [0.2, 0.25) is 35.2 Å². The standard InChI is InChI=1S/C90H99N11O2/c1-5-9-11-20-32-72-50-58-81(59-51-72)97(83-62-54-74(55-63-83)34-22-13-15-30-66-102-68-76-46-42-70(7-3)43-47-76)89-95-93-87(100(89)79-38-26-18-27-39-79)85-91-92-86(99(85)78-36-24-17-25-37-78)88-94-96-90(101(88)80-40-28-19-29-41-80)98(82-60-52-73(53-61-82)33-21-12-10-6-2)84-64-56-75(57-65-84)35-23-14-16-31-67-103-69-77-48-44-71(8-4)45-49-77/h7-8,17-19,24-29,36-65H,3-6,9-16,20-23,30-35,66-69H2,1-2H3. The van der Waals surface area contributed by atoms with E-state index in [4.69, 9.17) is 40.1 Å². The highest BCUT2D eigenvalue weighted by Crippen LogP contribution is 2.42. The Hall–Kier alpha value is -10.6. The van der Waals surface area contributed by atoms with Crippen LogP contribution in [0.3, 0.4) is 0 Å². The molecule has 526 valence electrons. The van der Waals surface area contributed by atoms with Gasteiger partial charge in [-0.3, -0.25) is 23.5 Å². The maximum Gasteiger partial charge on any atom is 0.241 e. The first-order valence-electron chi connectivity index (χ1n) is 37.5. The summed E-state index contributed by atoms with van der Waals surface area (Å²) in [6, 6.07) is 83.6. The number of unbranched alkanes of at least 4 members (excludes halogenated alkanes) is 12. The van der Waals surface area contributed by atoms with Crippen LogP contribution in [0.2, 0.25) is 0 Å². The summed E-state index contributed by atoms with van der Waals surface area (Å²) in [7, 11) is 0. The highest BCUT2D eigenvalue weighted by atomic mass is 16.5. The number of nitrogens with zero attached hydrogens (tertiary/aromatic N) is 11. The molecule has 0 N–H and O–H groups in total. The number of aromatic nitrogens is 9. The first-order chi connectivity index (χ1) is 51.0. The van der Waals surface area contributed by atoms with Crippen LogP contribution in [0, 0.1) is 0 Å². The highest BCUT2D eigenvalue weighted by Gasteiger charge is 2.32. The smallest absolute Gasteiger partial charge is 0.241 e. The Morgan fingerprint density at radius 3 is 0.874 bits per heavy atom. The van der Waals surface area contributed by atoms with Gasteiger partial charge in [0.1, 0.15) is 0 Å². The summed E-state index contributed by atoms with van der Waals surface area (Å²) < 4.78 is 18.3. The molecule has 3 aromatic heterocycles.